The van der Waals surface area contributed by atoms with Gasteiger partial charge in [0.2, 0.25) is 0 Å². The molecule has 19 heavy (non-hydrogen) atoms. The molecule has 0 spiro atoms. The molecule has 0 atom stereocenters. The number of carbonyl (C=O) groups is 1. The van der Waals surface area contributed by atoms with Crippen molar-refractivity contribution in [1.82, 2.24) is 0 Å². The van der Waals surface area contributed by atoms with Gasteiger partial charge in [-0.3, -0.25) is 4.79 Å². The molecule has 3 heteroatoms. The van der Waals surface area contributed by atoms with Crippen molar-refractivity contribution in [3.05, 3.63) is 67.6 Å². The minimum atomic E-state index is -0.0353. The Balaban J connectivity index is 2.56. The number of hydrogen-bond acceptors (Lipinski definition) is 1. The van der Waals surface area contributed by atoms with Crippen LogP contribution in [-0.4, -0.2) is 5.78 Å². The monoisotopic (exact) mass is 336 g/mol. The summed E-state index contributed by atoms with van der Waals surface area (Å²) in [6.07, 6.45) is 0. The average Bonchev–Trinajstić information content (AvgIpc) is 2.36. The van der Waals surface area contributed by atoms with Gasteiger partial charge in [-0.2, -0.15) is 0 Å². The first-order chi connectivity index (χ1) is 8.91. The summed E-state index contributed by atoms with van der Waals surface area (Å²) in [5, 5.41) is 0.507. The van der Waals surface area contributed by atoms with Gasteiger partial charge in [-0.05, 0) is 55.7 Å². The Kier molecular flexibility index (Phi) is 4.12. The fourth-order valence-corrected chi connectivity index (χ4v) is 2.62. The van der Waals surface area contributed by atoms with E-state index in [0.29, 0.717) is 16.1 Å². The Morgan fingerprint density at radius 2 is 1.68 bits per heavy atom. The van der Waals surface area contributed by atoms with E-state index in [0.717, 1.165) is 21.2 Å². The number of carbonyl (C=O) groups excluding carboxylic acids is 1. The van der Waals surface area contributed by atoms with Crippen molar-refractivity contribution in [2.75, 3.05) is 0 Å². The van der Waals surface area contributed by atoms with Gasteiger partial charge in [-0.15, -0.1) is 0 Å². The predicted octanol–water partition coefficient (Wildman–Crippen LogP) is 5.26. The number of hydrogen-bond donors (Lipinski definition) is 0. The molecule has 0 fully saturated rings. The quantitative estimate of drug-likeness (QED) is 0.683. The lowest BCUT2D eigenvalue weighted by atomic mass is 9.96. The molecule has 0 heterocycles. The Labute approximate surface area is 126 Å². The second-order valence-electron chi connectivity index (χ2n) is 4.66. The first-order valence-electron chi connectivity index (χ1n) is 5.98. The van der Waals surface area contributed by atoms with Gasteiger partial charge in [0.25, 0.3) is 0 Å². The zero-order valence-corrected chi connectivity index (χ0v) is 13.4. The number of ketones is 1. The average molecular weight is 338 g/mol. The van der Waals surface area contributed by atoms with Crippen molar-refractivity contribution in [2.45, 2.75) is 20.8 Å². The van der Waals surface area contributed by atoms with Crippen molar-refractivity contribution >= 4 is 33.3 Å². The fraction of sp³-hybridized carbons (Fsp3) is 0.188. The Morgan fingerprint density at radius 3 is 2.37 bits per heavy atom. The van der Waals surface area contributed by atoms with E-state index in [1.54, 1.807) is 0 Å². The third kappa shape index (κ3) is 2.75. The molecule has 98 valence electrons. The van der Waals surface area contributed by atoms with E-state index in [1.807, 2.05) is 51.1 Å². The molecule has 0 N–H and O–H groups in total. The predicted molar refractivity (Wildman–Crippen MR) is 83.2 cm³/mol. The molecule has 0 saturated heterocycles. The molecule has 2 aromatic rings. The van der Waals surface area contributed by atoms with Crippen LogP contribution in [0.15, 0.2) is 34.8 Å². The number of benzene rings is 2. The van der Waals surface area contributed by atoms with Crippen LogP contribution in [0.3, 0.4) is 0 Å². The van der Waals surface area contributed by atoms with Crippen molar-refractivity contribution in [3.8, 4) is 0 Å². The van der Waals surface area contributed by atoms with Crippen LogP contribution in [0, 0.1) is 20.8 Å². The van der Waals surface area contributed by atoms with Gasteiger partial charge in [0.1, 0.15) is 0 Å². The molecule has 2 rings (SSSR count). The van der Waals surface area contributed by atoms with E-state index in [4.69, 9.17) is 11.6 Å². The van der Waals surface area contributed by atoms with Crippen molar-refractivity contribution in [3.63, 3.8) is 0 Å². The highest BCUT2D eigenvalue weighted by molar-refractivity contribution is 9.10. The maximum absolute atomic E-state index is 12.6. The highest BCUT2D eigenvalue weighted by Crippen LogP contribution is 2.27. The van der Waals surface area contributed by atoms with Gasteiger partial charge in [-0.1, -0.05) is 39.7 Å². The fourth-order valence-electron chi connectivity index (χ4n) is 1.95. The first-order valence-corrected chi connectivity index (χ1v) is 7.15. The second kappa shape index (κ2) is 5.48. The summed E-state index contributed by atoms with van der Waals surface area (Å²) in [5.41, 5.74) is 4.33. The molecule has 0 aliphatic carbocycles. The topological polar surface area (TPSA) is 17.1 Å². The third-order valence-corrected chi connectivity index (χ3v) is 4.51. The zero-order valence-electron chi connectivity index (χ0n) is 11.1. The summed E-state index contributed by atoms with van der Waals surface area (Å²) in [7, 11) is 0. The molecule has 0 unspecified atom stereocenters. The van der Waals surface area contributed by atoms with Crippen molar-refractivity contribution in [1.29, 1.82) is 0 Å². The van der Waals surface area contributed by atoms with Gasteiger partial charge in [-0.25, -0.2) is 0 Å². The van der Waals surface area contributed by atoms with Crippen LogP contribution in [0.5, 0.6) is 0 Å². The van der Waals surface area contributed by atoms with Gasteiger partial charge >= 0.3 is 0 Å². The van der Waals surface area contributed by atoms with Crippen molar-refractivity contribution in [2.24, 2.45) is 0 Å². The third-order valence-electron chi connectivity index (χ3n) is 3.34. The summed E-state index contributed by atoms with van der Waals surface area (Å²) < 4.78 is 0.929. The Hall–Kier alpha value is -1.12. The molecule has 0 bridgehead atoms. The minimum Gasteiger partial charge on any atom is -0.289 e. The zero-order chi connectivity index (χ0) is 14.2. The van der Waals surface area contributed by atoms with Crippen LogP contribution in [0.25, 0.3) is 0 Å². The Bertz CT molecular complexity index is 662. The van der Waals surface area contributed by atoms with Crippen LogP contribution in [-0.2, 0) is 0 Å². The molecule has 2 aromatic carbocycles. The highest BCUT2D eigenvalue weighted by atomic mass is 79.9. The second-order valence-corrected chi connectivity index (χ2v) is 5.92. The number of aryl methyl sites for hydroxylation is 2. The van der Waals surface area contributed by atoms with E-state index in [9.17, 15) is 4.79 Å². The Morgan fingerprint density at radius 1 is 1.05 bits per heavy atom. The van der Waals surface area contributed by atoms with E-state index in [1.165, 1.54) is 0 Å². The summed E-state index contributed by atoms with van der Waals surface area (Å²) >= 11 is 9.65. The lowest BCUT2D eigenvalue weighted by Crippen LogP contribution is -2.05. The normalized spacial score (nSPS) is 10.6. The van der Waals surface area contributed by atoms with E-state index in [2.05, 4.69) is 15.9 Å². The summed E-state index contributed by atoms with van der Waals surface area (Å²) in [4.78, 5) is 12.6. The smallest absolute Gasteiger partial charge is 0.194 e. The molecule has 0 amide bonds. The van der Waals surface area contributed by atoms with E-state index >= 15 is 0 Å². The number of rotatable bonds is 2. The minimum absolute atomic E-state index is 0.0353. The first kappa shape index (κ1) is 14.3. The molecule has 0 saturated carbocycles. The molecular weight excluding hydrogens is 324 g/mol. The highest BCUT2D eigenvalue weighted by Gasteiger charge is 2.16. The van der Waals surface area contributed by atoms with E-state index < -0.39 is 0 Å². The van der Waals surface area contributed by atoms with Crippen LogP contribution >= 0.6 is 27.5 Å². The van der Waals surface area contributed by atoms with Gasteiger partial charge < -0.3 is 0 Å². The molecule has 0 aromatic heterocycles. The lowest BCUT2D eigenvalue weighted by Gasteiger charge is -2.10. The van der Waals surface area contributed by atoms with Crippen LogP contribution in [0.1, 0.15) is 32.6 Å². The van der Waals surface area contributed by atoms with E-state index in [-0.39, 0.29) is 5.78 Å². The molecular formula is C16H14BrClO. The maximum atomic E-state index is 12.6. The van der Waals surface area contributed by atoms with Crippen LogP contribution < -0.4 is 0 Å². The van der Waals surface area contributed by atoms with Gasteiger partial charge in [0, 0.05) is 15.6 Å². The SMILES string of the molecule is Cc1cc(Cl)c(C(=O)c2cccc(Br)c2C)cc1C. The van der Waals surface area contributed by atoms with Gasteiger partial charge in [0.15, 0.2) is 5.78 Å². The largest absolute Gasteiger partial charge is 0.289 e. The molecule has 1 nitrogen and oxygen atoms in total. The van der Waals surface area contributed by atoms with Crippen LogP contribution in [0.4, 0.5) is 0 Å². The van der Waals surface area contributed by atoms with Crippen molar-refractivity contribution < 1.29 is 4.79 Å². The molecule has 0 radical (unpaired) electrons. The van der Waals surface area contributed by atoms with Gasteiger partial charge in [0.05, 0.1) is 5.02 Å². The standard InChI is InChI=1S/C16H14BrClO/c1-9-7-13(15(18)8-10(9)2)16(19)12-5-4-6-14(17)11(12)3/h4-8H,1-3H3. The summed E-state index contributed by atoms with van der Waals surface area (Å²) in [6.45, 7) is 5.89. The lowest BCUT2D eigenvalue weighted by molar-refractivity contribution is 0.103. The summed E-state index contributed by atoms with van der Waals surface area (Å²) in [6, 6.07) is 9.32. The number of halogens is 2. The summed E-state index contributed by atoms with van der Waals surface area (Å²) in [5.74, 6) is -0.0353. The van der Waals surface area contributed by atoms with Crippen LogP contribution in [0.2, 0.25) is 5.02 Å². The molecule has 0 aliphatic rings. The maximum Gasteiger partial charge on any atom is 0.194 e. The molecule has 0 aliphatic heterocycles.